The van der Waals surface area contributed by atoms with Gasteiger partial charge in [-0.15, -0.1) is 0 Å². The Morgan fingerprint density at radius 3 is 2.26 bits per heavy atom. The Hall–Kier alpha value is -1.60. The van der Waals surface area contributed by atoms with Gasteiger partial charge in [0.2, 0.25) is 5.91 Å². The third-order valence-corrected chi connectivity index (χ3v) is 3.34. The number of halogens is 3. The number of nitrogens with one attached hydrogen (secondary N) is 1. The monoisotopic (exact) mass is 332 g/mol. The third-order valence-electron chi connectivity index (χ3n) is 3.34. The zero-order valence-electron chi connectivity index (χ0n) is 13.6. The van der Waals surface area contributed by atoms with Crippen LogP contribution in [0.25, 0.3) is 0 Å². The second kappa shape index (κ2) is 8.31. The number of anilines is 1. The minimum atomic E-state index is -4.38. The van der Waals surface area contributed by atoms with Gasteiger partial charge in [0.15, 0.2) is 0 Å². The maximum atomic E-state index is 12.5. The highest BCUT2D eigenvalue weighted by Gasteiger charge is 2.31. The van der Waals surface area contributed by atoms with Crippen molar-refractivity contribution >= 4 is 11.6 Å². The number of amides is 1. The second-order valence-corrected chi connectivity index (χ2v) is 5.72. The van der Waals surface area contributed by atoms with Crippen molar-refractivity contribution in [3.05, 3.63) is 28.8 Å². The van der Waals surface area contributed by atoms with Crippen molar-refractivity contribution in [1.29, 1.82) is 0 Å². The van der Waals surface area contributed by atoms with Crippen LogP contribution in [-0.2, 0) is 4.79 Å². The van der Waals surface area contributed by atoms with Gasteiger partial charge in [-0.25, -0.2) is 0 Å². The maximum absolute atomic E-state index is 12.5. The number of rotatable bonds is 7. The van der Waals surface area contributed by atoms with Gasteiger partial charge in [0.05, 0.1) is 13.1 Å². The fourth-order valence-electron chi connectivity index (χ4n) is 2.52. The fourth-order valence-corrected chi connectivity index (χ4v) is 2.52. The van der Waals surface area contributed by atoms with E-state index in [1.807, 2.05) is 32.9 Å². The second-order valence-electron chi connectivity index (χ2n) is 5.72. The summed E-state index contributed by atoms with van der Waals surface area (Å²) in [6.45, 7) is 3.87. The molecule has 0 unspecified atom stereocenters. The highest BCUT2D eigenvalue weighted by atomic mass is 19.4. The van der Waals surface area contributed by atoms with E-state index in [0.717, 1.165) is 21.6 Å². The van der Waals surface area contributed by atoms with E-state index in [9.17, 15) is 18.0 Å². The van der Waals surface area contributed by atoms with Crippen molar-refractivity contribution in [2.45, 2.75) is 33.4 Å². The first-order valence-corrected chi connectivity index (χ1v) is 7.40. The Morgan fingerprint density at radius 2 is 1.78 bits per heavy atom. The summed E-state index contributed by atoms with van der Waals surface area (Å²) in [7, 11) is 0. The number of hydrogen-bond acceptors (Lipinski definition) is 3. The van der Waals surface area contributed by atoms with Crippen LogP contribution in [0.4, 0.5) is 18.9 Å². The Bertz CT molecular complexity index is 522. The Balaban J connectivity index is 2.75. The molecule has 0 spiro atoms. The largest absolute Gasteiger partial charge is 0.401 e. The first kappa shape index (κ1) is 19.4. The molecule has 0 saturated carbocycles. The zero-order chi connectivity index (χ0) is 17.6. The number of aliphatic hydroxyl groups excluding tert-OH is 1. The van der Waals surface area contributed by atoms with Crippen LogP contribution in [-0.4, -0.2) is 48.3 Å². The van der Waals surface area contributed by atoms with Gasteiger partial charge in [-0.2, -0.15) is 13.2 Å². The molecule has 7 heteroatoms. The molecular weight excluding hydrogens is 309 g/mol. The van der Waals surface area contributed by atoms with Gasteiger partial charge in [0, 0.05) is 18.8 Å². The molecular formula is C16H23F3N2O2. The minimum absolute atomic E-state index is 0.00922. The van der Waals surface area contributed by atoms with Gasteiger partial charge in [-0.05, 0) is 38.3 Å². The summed E-state index contributed by atoms with van der Waals surface area (Å²) in [4.78, 5) is 13.1. The van der Waals surface area contributed by atoms with Crippen molar-refractivity contribution < 1.29 is 23.1 Å². The lowest BCUT2D eigenvalue weighted by Crippen LogP contribution is -2.40. The molecule has 0 aliphatic carbocycles. The molecule has 0 saturated heterocycles. The van der Waals surface area contributed by atoms with E-state index in [-0.39, 0.29) is 26.1 Å². The zero-order valence-corrected chi connectivity index (χ0v) is 13.6. The molecule has 0 fully saturated rings. The smallest absolute Gasteiger partial charge is 0.396 e. The van der Waals surface area contributed by atoms with Crippen LogP contribution in [0.1, 0.15) is 23.1 Å². The summed E-state index contributed by atoms with van der Waals surface area (Å²) in [6.07, 6.45) is -4.20. The summed E-state index contributed by atoms with van der Waals surface area (Å²) in [6, 6.07) is 3.81. The van der Waals surface area contributed by atoms with Crippen LogP contribution in [0.2, 0.25) is 0 Å². The summed E-state index contributed by atoms with van der Waals surface area (Å²) < 4.78 is 37.6. The SMILES string of the molecule is Cc1cc(C)c(NC(=O)CN(CCCO)CC(F)(F)F)c(C)c1. The molecule has 1 rings (SSSR count). The molecule has 0 radical (unpaired) electrons. The van der Waals surface area contributed by atoms with Crippen molar-refractivity contribution in [1.82, 2.24) is 4.90 Å². The van der Waals surface area contributed by atoms with E-state index in [2.05, 4.69) is 5.32 Å². The quantitative estimate of drug-likeness (QED) is 0.807. The molecule has 1 aromatic rings. The summed E-state index contributed by atoms with van der Waals surface area (Å²) in [5.74, 6) is -0.498. The number of carbonyl (C=O) groups is 1. The lowest BCUT2D eigenvalue weighted by atomic mass is 10.1. The van der Waals surface area contributed by atoms with Crippen LogP contribution in [0.15, 0.2) is 12.1 Å². The average molecular weight is 332 g/mol. The molecule has 0 heterocycles. The first-order chi connectivity index (χ1) is 10.6. The molecule has 0 aromatic heterocycles. The predicted molar refractivity (Wildman–Crippen MR) is 83.5 cm³/mol. The van der Waals surface area contributed by atoms with Crippen LogP contribution in [0.5, 0.6) is 0 Å². The lowest BCUT2D eigenvalue weighted by Gasteiger charge is -2.23. The summed E-state index contributed by atoms with van der Waals surface area (Å²) in [5.41, 5.74) is 3.43. The molecule has 0 atom stereocenters. The third kappa shape index (κ3) is 7.00. The van der Waals surface area contributed by atoms with E-state index in [1.165, 1.54) is 0 Å². The molecule has 1 aromatic carbocycles. The Kier molecular flexibility index (Phi) is 7.02. The highest BCUT2D eigenvalue weighted by molar-refractivity contribution is 5.93. The van der Waals surface area contributed by atoms with Gasteiger partial charge in [0.25, 0.3) is 0 Å². The highest BCUT2D eigenvalue weighted by Crippen LogP contribution is 2.22. The van der Waals surface area contributed by atoms with Crippen LogP contribution >= 0.6 is 0 Å². The molecule has 1 amide bonds. The van der Waals surface area contributed by atoms with Gasteiger partial charge in [-0.1, -0.05) is 17.7 Å². The first-order valence-electron chi connectivity index (χ1n) is 7.40. The summed E-state index contributed by atoms with van der Waals surface area (Å²) >= 11 is 0. The Labute approximate surface area is 134 Å². The number of benzene rings is 1. The minimum Gasteiger partial charge on any atom is -0.396 e. The van der Waals surface area contributed by atoms with E-state index >= 15 is 0 Å². The molecule has 0 aliphatic rings. The van der Waals surface area contributed by atoms with Crippen molar-refractivity contribution in [2.24, 2.45) is 0 Å². The van der Waals surface area contributed by atoms with Crippen molar-refractivity contribution in [2.75, 3.05) is 31.6 Å². The Morgan fingerprint density at radius 1 is 1.22 bits per heavy atom. The van der Waals surface area contributed by atoms with E-state index in [1.54, 1.807) is 0 Å². The molecule has 0 aliphatic heterocycles. The van der Waals surface area contributed by atoms with Gasteiger partial charge in [-0.3, -0.25) is 9.69 Å². The molecule has 2 N–H and O–H groups in total. The van der Waals surface area contributed by atoms with Gasteiger partial charge < -0.3 is 10.4 Å². The van der Waals surface area contributed by atoms with Gasteiger partial charge in [0.1, 0.15) is 0 Å². The number of carbonyl (C=O) groups excluding carboxylic acids is 1. The van der Waals surface area contributed by atoms with Crippen molar-refractivity contribution in [3.8, 4) is 0 Å². The van der Waals surface area contributed by atoms with E-state index < -0.39 is 18.6 Å². The molecule has 130 valence electrons. The maximum Gasteiger partial charge on any atom is 0.401 e. The standard InChI is InChI=1S/C16H23F3N2O2/c1-11-7-12(2)15(13(3)8-11)20-14(23)9-21(5-4-6-22)10-16(17,18)19/h7-8,22H,4-6,9-10H2,1-3H3,(H,20,23). The number of aliphatic hydroxyl groups is 1. The predicted octanol–water partition coefficient (Wildman–Crippen LogP) is 2.80. The van der Waals surface area contributed by atoms with E-state index in [0.29, 0.717) is 5.69 Å². The number of hydrogen-bond donors (Lipinski definition) is 2. The van der Waals surface area contributed by atoms with Gasteiger partial charge >= 0.3 is 6.18 Å². The summed E-state index contributed by atoms with van der Waals surface area (Å²) in [5, 5.41) is 11.5. The van der Waals surface area contributed by atoms with Crippen LogP contribution in [0, 0.1) is 20.8 Å². The number of aryl methyl sites for hydroxylation is 3. The average Bonchev–Trinajstić information content (AvgIpc) is 2.38. The molecule has 0 bridgehead atoms. The number of nitrogens with zero attached hydrogens (tertiary/aromatic N) is 1. The van der Waals surface area contributed by atoms with Crippen LogP contribution in [0.3, 0.4) is 0 Å². The molecule has 4 nitrogen and oxygen atoms in total. The normalized spacial score (nSPS) is 11.8. The van der Waals surface area contributed by atoms with Crippen molar-refractivity contribution in [3.63, 3.8) is 0 Å². The topological polar surface area (TPSA) is 52.6 Å². The molecule has 23 heavy (non-hydrogen) atoms. The van der Waals surface area contributed by atoms with E-state index in [4.69, 9.17) is 5.11 Å². The van der Waals surface area contributed by atoms with Crippen LogP contribution < -0.4 is 5.32 Å². The fraction of sp³-hybridized carbons (Fsp3) is 0.562. The number of alkyl halides is 3. The lowest BCUT2D eigenvalue weighted by molar-refractivity contribution is -0.148.